The summed E-state index contributed by atoms with van der Waals surface area (Å²) in [5.41, 5.74) is 9.32. The molecule has 2 heterocycles. The Morgan fingerprint density at radius 3 is 2.52 bits per heavy atom. The summed E-state index contributed by atoms with van der Waals surface area (Å²) in [6.45, 7) is 4.12. The Kier molecular flexibility index (Phi) is 8.17. The van der Waals surface area contributed by atoms with E-state index in [9.17, 15) is 0 Å². The van der Waals surface area contributed by atoms with Crippen molar-refractivity contribution in [2.45, 2.75) is 13.0 Å². The maximum Gasteiger partial charge on any atom is 0.193 e. The average Bonchev–Trinajstić information content (AvgIpc) is 2.98. The number of hydrogen-bond acceptors (Lipinski definition) is 5. The topological polar surface area (TPSA) is 72.1 Å². The van der Waals surface area contributed by atoms with Crippen molar-refractivity contribution in [1.29, 1.82) is 0 Å². The van der Waals surface area contributed by atoms with Gasteiger partial charge in [0, 0.05) is 48.5 Å². The fourth-order valence-electron chi connectivity index (χ4n) is 3.24. The van der Waals surface area contributed by atoms with Crippen molar-refractivity contribution < 1.29 is 9.47 Å². The predicted molar refractivity (Wildman–Crippen MR) is 132 cm³/mol. The van der Waals surface area contributed by atoms with Crippen molar-refractivity contribution in [3.05, 3.63) is 48.0 Å². The lowest BCUT2D eigenvalue weighted by molar-refractivity contribution is 0.297. The number of nitrogens with two attached hydrogens (primary N) is 1. The molecule has 1 fully saturated rings. The first-order valence-electron chi connectivity index (χ1n) is 9.66. The van der Waals surface area contributed by atoms with Gasteiger partial charge in [0.05, 0.1) is 19.8 Å². The van der Waals surface area contributed by atoms with Gasteiger partial charge in [-0.25, -0.2) is 4.99 Å². The number of rotatable bonds is 4. The fourth-order valence-corrected chi connectivity index (χ4v) is 4.14. The lowest BCUT2D eigenvalue weighted by Gasteiger charge is -2.28. The molecule has 29 heavy (non-hydrogen) atoms. The number of nitrogens with one attached hydrogen (secondary N) is 1. The van der Waals surface area contributed by atoms with Gasteiger partial charge in [-0.3, -0.25) is 0 Å². The van der Waals surface area contributed by atoms with Crippen molar-refractivity contribution in [3.8, 4) is 11.5 Å². The predicted octanol–water partition coefficient (Wildman–Crippen LogP) is 3.95. The molecule has 3 N–H and O–H groups in total. The lowest BCUT2D eigenvalue weighted by atomic mass is 10.2. The Balaban J connectivity index is 0.00000240. The lowest BCUT2D eigenvalue weighted by Crippen LogP contribution is -2.32. The molecule has 4 rings (SSSR count). The second kappa shape index (κ2) is 10.8. The molecule has 0 aromatic heterocycles. The minimum atomic E-state index is 0. The summed E-state index contributed by atoms with van der Waals surface area (Å²) in [6.07, 6.45) is 0.885. The van der Waals surface area contributed by atoms with Crippen LogP contribution in [0.2, 0.25) is 0 Å². The van der Waals surface area contributed by atoms with E-state index in [1.54, 1.807) is 0 Å². The van der Waals surface area contributed by atoms with E-state index in [4.69, 9.17) is 15.2 Å². The first kappa shape index (κ1) is 21.9. The van der Waals surface area contributed by atoms with Gasteiger partial charge >= 0.3 is 0 Å². The number of anilines is 2. The SMILES string of the molecule is I.NC(=NCc1ccc(N2CCSCC2)cc1)Nc1ccc2c(c1)OCCCO2. The van der Waals surface area contributed by atoms with Gasteiger partial charge in [0.25, 0.3) is 0 Å². The van der Waals surface area contributed by atoms with E-state index in [1.807, 2.05) is 30.0 Å². The summed E-state index contributed by atoms with van der Waals surface area (Å²) >= 11 is 2.02. The van der Waals surface area contributed by atoms with Crippen molar-refractivity contribution in [3.63, 3.8) is 0 Å². The van der Waals surface area contributed by atoms with Crippen LogP contribution in [0.5, 0.6) is 11.5 Å². The highest BCUT2D eigenvalue weighted by Crippen LogP contribution is 2.32. The number of halogens is 1. The van der Waals surface area contributed by atoms with Gasteiger partial charge < -0.3 is 25.4 Å². The number of aliphatic imine (C=N–C) groups is 1. The summed E-state index contributed by atoms with van der Waals surface area (Å²) in [4.78, 5) is 6.89. The van der Waals surface area contributed by atoms with Crippen LogP contribution in [0.25, 0.3) is 0 Å². The van der Waals surface area contributed by atoms with Crippen LogP contribution in [-0.2, 0) is 6.54 Å². The minimum absolute atomic E-state index is 0. The average molecular weight is 526 g/mol. The molecule has 0 bridgehead atoms. The van der Waals surface area contributed by atoms with E-state index < -0.39 is 0 Å². The molecule has 2 aromatic rings. The number of nitrogens with zero attached hydrogens (tertiary/aromatic N) is 2. The molecule has 0 radical (unpaired) electrons. The smallest absolute Gasteiger partial charge is 0.193 e. The Morgan fingerprint density at radius 1 is 1.03 bits per heavy atom. The van der Waals surface area contributed by atoms with E-state index in [0.29, 0.717) is 25.7 Å². The van der Waals surface area contributed by atoms with E-state index >= 15 is 0 Å². The van der Waals surface area contributed by atoms with Crippen LogP contribution in [0.1, 0.15) is 12.0 Å². The zero-order valence-corrected chi connectivity index (χ0v) is 19.4. The molecular weight excluding hydrogens is 499 g/mol. The Hall–Kier alpha value is -1.81. The summed E-state index contributed by atoms with van der Waals surface area (Å²) in [5.74, 6) is 4.29. The van der Waals surface area contributed by atoms with Gasteiger partial charge in [0.1, 0.15) is 0 Å². The van der Waals surface area contributed by atoms with Gasteiger partial charge in [0.2, 0.25) is 0 Å². The largest absolute Gasteiger partial charge is 0.490 e. The van der Waals surface area contributed by atoms with Crippen molar-refractivity contribution in [2.75, 3.05) is 48.0 Å². The Labute approximate surface area is 193 Å². The van der Waals surface area contributed by atoms with Gasteiger partial charge in [-0.15, -0.1) is 24.0 Å². The molecule has 156 valence electrons. The van der Waals surface area contributed by atoms with Crippen LogP contribution < -0.4 is 25.4 Å². The monoisotopic (exact) mass is 526 g/mol. The maximum atomic E-state index is 6.06. The number of guanidine groups is 1. The van der Waals surface area contributed by atoms with Crippen molar-refractivity contribution in [2.24, 2.45) is 10.7 Å². The summed E-state index contributed by atoms with van der Waals surface area (Å²) in [7, 11) is 0. The van der Waals surface area contributed by atoms with E-state index in [0.717, 1.165) is 42.3 Å². The molecule has 2 aromatic carbocycles. The van der Waals surface area contributed by atoms with Crippen LogP contribution >= 0.6 is 35.7 Å². The number of ether oxygens (including phenoxy) is 2. The normalized spacial score (nSPS) is 16.6. The molecule has 0 unspecified atom stereocenters. The number of fused-ring (bicyclic) bond motifs is 1. The molecule has 0 spiro atoms. The third kappa shape index (κ3) is 6.08. The van der Waals surface area contributed by atoms with Crippen LogP contribution in [0.15, 0.2) is 47.5 Å². The van der Waals surface area contributed by atoms with Crippen LogP contribution in [0.3, 0.4) is 0 Å². The number of hydrogen-bond donors (Lipinski definition) is 2. The van der Waals surface area contributed by atoms with Gasteiger partial charge in [-0.2, -0.15) is 11.8 Å². The summed E-state index contributed by atoms with van der Waals surface area (Å²) in [6, 6.07) is 14.3. The standard InChI is InChI=1S/C21H26N4O2S.HI/c22-21(24-17-4-7-19-20(14-17)27-11-1-10-26-19)23-15-16-2-5-18(6-3-16)25-8-12-28-13-9-25;/h2-7,14H,1,8-13,15H2,(H3,22,23,24);1H. The highest BCUT2D eigenvalue weighted by molar-refractivity contribution is 14.0. The van der Waals surface area contributed by atoms with Crippen LogP contribution in [-0.4, -0.2) is 43.8 Å². The van der Waals surface area contributed by atoms with E-state index in [2.05, 4.69) is 39.5 Å². The molecule has 0 amide bonds. The highest BCUT2D eigenvalue weighted by Gasteiger charge is 2.12. The maximum absolute atomic E-state index is 6.06. The van der Waals surface area contributed by atoms with Gasteiger partial charge in [0.15, 0.2) is 17.5 Å². The van der Waals surface area contributed by atoms with Gasteiger partial charge in [-0.1, -0.05) is 12.1 Å². The molecular formula is C21H27IN4O2S. The molecule has 0 atom stereocenters. The Bertz CT molecular complexity index is 826. The molecule has 2 aliphatic heterocycles. The Morgan fingerprint density at radius 2 is 1.76 bits per heavy atom. The highest BCUT2D eigenvalue weighted by atomic mass is 127. The zero-order valence-electron chi connectivity index (χ0n) is 16.3. The third-order valence-electron chi connectivity index (χ3n) is 4.76. The fraction of sp³-hybridized carbons (Fsp3) is 0.381. The molecule has 1 saturated heterocycles. The molecule has 0 aliphatic carbocycles. The quantitative estimate of drug-likeness (QED) is 0.357. The molecule has 2 aliphatic rings. The van der Waals surface area contributed by atoms with Gasteiger partial charge in [-0.05, 0) is 29.8 Å². The molecule has 0 saturated carbocycles. The van der Waals surface area contributed by atoms with Crippen LogP contribution in [0, 0.1) is 0 Å². The third-order valence-corrected chi connectivity index (χ3v) is 5.71. The molecule has 6 nitrogen and oxygen atoms in total. The second-order valence-corrected chi connectivity index (χ2v) is 8.03. The number of benzene rings is 2. The summed E-state index contributed by atoms with van der Waals surface area (Å²) in [5, 5.41) is 3.13. The number of thioether (sulfide) groups is 1. The first-order chi connectivity index (χ1) is 13.8. The van der Waals surface area contributed by atoms with Crippen molar-refractivity contribution >= 4 is 53.1 Å². The summed E-state index contributed by atoms with van der Waals surface area (Å²) < 4.78 is 11.4. The van der Waals surface area contributed by atoms with E-state index in [-0.39, 0.29) is 24.0 Å². The zero-order chi connectivity index (χ0) is 19.2. The molecule has 8 heteroatoms. The minimum Gasteiger partial charge on any atom is -0.490 e. The van der Waals surface area contributed by atoms with Crippen molar-refractivity contribution in [1.82, 2.24) is 0 Å². The second-order valence-electron chi connectivity index (χ2n) is 6.80. The van der Waals surface area contributed by atoms with E-state index in [1.165, 1.54) is 17.2 Å². The first-order valence-corrected chi connectivity index (χ1v) is 10.8. The van der Waals surface area contributed by atoms with Crippen LogP contribution in [0.4, 0.5) is 11.4 Å².